The maximum absolute atomic E-state index is 12.7. The van der Waals surface area contributed by atoms with Gasteiger partial charge in [-0.2, -0.15) is 0 Å². The van der Waals surface area contributed by atoms with Crippen LogP contribution in [0.2, 0.25) is 0 Å². The van der Waals surface area contributed by atoms with Gasteiger partial charge in [0, 0.05) is 18.3 Å². The number of benzene rings is 1. The lowest BCUT2D eigenvalue weighted by Gasteiger charge is -2.26. The zero-order valence-electron chi connectivity index (χ0n) is 15.8. The van der Waals surface area contributed by atoms with Crippen LogP contribution in [0.1, 0.15) is 24.7 Å². The molecule has 0 unspecified atom stereocenters. The number of sulfone groups is 1. The first-order chi connectivity index (χ1) is 12.8. The molecule has 2 aromatic rings. The zero-order chi connectivity index (χ0) is 19.6. The van der Waals surface area contributed by atoms with Gasteiger partial charge in [-0.25, -0.2) is 8.42 Å². The molecular weight excluding hydrogens is 384 g/mol. The Morgan fingerprint density at radius 2 is 1.96 bits per heavy atom. The highest BCUT2D eigenvalue weighted by molar-refractivity contribution is 7.99. The van der Waals surface area contributed by atoms with Crippen molar-refractivity contribution in [2.24, 2.45) is 0 Å². The molecule has 1 aromatic carbocycles. The number of hydrogen-bond donors (Lipinski definition) is 0. The van der Waals surface area contributed by atoms with E-state index in [1.807, 2.05) is 49.6 Å². The number of aryl methyl sites for hydroxylation is 2. The van der Waals surface area contributed by atoms with Crippen molar-refractivity contribution < 1.29 is 13.2 Å². The molecule has 1 saturated heterocycles. The van der Waals surface area contributed by atoms with Crippen molar-refractivity contribution >= 4 is 27.5 Å². The van der Waals surface area contributed by atoms with Crippen LogP contribution in [0, 0.1) is 13.8 Å². The van der Waals surface area contributed by atoms with Gasteiger partial charge >= 0.3 is 0 Å². The predicted molar refractivity (Wildman–Crippen MR) is 106 cm³/mol. The Morgan fingerprint density at radius 1 is 1.26 bits per heavy atom. The van der Waals surface area contributed by atoms with Crippen molar-refractivity contribution in [3.05, 3.63) is 35.7 Å². The number of aromatic nitrogens is 3. The first-order valence-electron chi connectivity index (χ1n) is 8.92. The van der Waals surface area contributed by atoms with Crippen molar-refractivity contribution in [1.82, 2.24) is 19.7 Å². The van der Waals surface area contributed by atoms with Crippen LogP contribution in [0.15, 0.2) is 29.4 Å². The molecule has 0 aliphatic carbocycles. The van der Waals surface area contributed by atoms with Crippen molar-refractivity contribution in [2.45, 2.75) is 38.4 Å². The van der Waals surface area contributed by atoms with E-state index in [0.717, 1.165) is 11.5 Å². The summed E-state index contributed by atoms with van der Waals surface area (Å²) in [5, 5.41) is 9.00. The second-order valence-corrected chi connectivity index (χ2v) is 9.90. The topological polar surface area (TPSA) is 85.2 Å². The summed E-state index contributed by atoms with van der Waals surface area (Å²) >= 11 is 1.33. The highest BCUT2D eigenvalue weighted by Crippen LogP contribution is 2.24. The Labute approximate surface area is 164 Å². The molecule has 146 valence electrons. The molecule has 7 nitrogen and oxygen atoms in total. The molecule has 1 aliphatic heterocycles. The standard InChI is InChI=1S/C18H24N4O3S2/c1-4-21(16-9-10-27(24,25)12-16)17(23)11-26-18-20-19-14(3)22(18)15-7-5-13(2)6-8-15/h5-8,16H,4,9-12H2,1-3H3/t16-/m1/s1. The predicted octanol–water partition coefficient (Wildman–Crippen LogP) is 2.01. The minimum Gasteiger partial charge on any atom is -0.338 e. The van der Waals surface area contributed by atoms with E-state index in [9.17, 15) is 13.2 Å². The van der Waals surface area contributed by atoms with Gasteiger partial charge in [-0.1, -0.05) is 29.5 Å². The van der Waals surface area contributed by atoms with Gasteiger partial charge < -0.3 is 4.90 Å². The van der Waals surface area contributed by atoms with Gasteiger partial charge in [0.2, 0.25) is 5.91 Å². The maximum atomic E-state index is 12.7. The monoisotopic (exact) mass is 408 g/mol. The summed E-state index contributed by atoms with van der Waals surface area (Å²) in [7, 11) is -3.02. The van der Waals surface area contributed by atoms with E-state index in [4.69, 9.17) is 0 Å². The maximum Gasteiger partial charge on any atom is 0.233 e. The van der Waals surface area contributed by atoms with Crippen molar-refractivity contribution in [2.75, 3.05) is 23.8 Å². The zero-order valence-corrected chi connectivity index (χ0v) is 17.4. The lowest BCUT2D eigenvalue weighted by molar-refractivity contribution is -0.129. The Balaban J connectivity index is 1.71. The van der Waals surface area contributed by atoms with Crippen molar-refractivity contribution in [3.63, 3.8) is 0 Å². The molecule has 1 fully saturated rings. The number of carbonyl (C=O) groups is 1. The summed E-state index contributed by atoms with van der Waals surface area (Å²) in [6.07, 6.45) is 0.519. The van der Waals surface area contributed by atoms with Crippen molar-refractivity contribution in [3.8, 4) is 5.69 Å². The molecule has 1 amide bonds. The second kappa shape index (κ2) is 8.02. The van der Waals surface area contributed by atoms with Gasteiger partial charge in [0.05, 0.1) is 17.3 Å². The molecule has 0 saturated carbocycles. The fourth-order valence-electron chi connectivity index (χ4n) is 3.30. The summed E-state index contributed by atoms with van der Waals surface area (Å²) in [5.41, 5.74) is 2.12. The first-order valence-corrected chi connectivity index (χ1v) is 11.7. The summed E-state index contributed by atoms with van der Waals surface area (Å²) in [6, 6.07) is 7.82. The summed E-state index contributed by atoms with van der Waals surface area (Å²) in [5.74, 6) is 1.11. The van der Waals surface area contributed by atoms with E-state index in [0.29, 0.717) is 18.1 Å². The third kappa shape index (κ3) is 4.52. The fraction of sp³-hybridized carbons (Fsp3) is 0.500. The van der Waals surface area contributed by atoms with E-state index in [1.165, 1.54) is 17.3 Å². The van der Waals surface area contributed by atoms with E-state index >= 15 is 0 Å². The molecule has 1 atom stereocenters. The van der Waals surface area contributed by atoms with Gasteiger partial charge in [-0.15, -0.1) is 10.2 Å². The summed E-state index contributed by atoms with van der Waals surface area (Å²) < 4.78 is 25.4. The Kier molecular flexibility index (Phi) is 5.90. The molecule has 27 heavy (non-hydrogen) atoms. The van der Waals surface area contributed by atoms with Crippen LogP contribution in [0.4, 0.5) is 0 Å². The van der Waals surface area contributed by atoms with E-state index in [-0.39, 0.29) is 29.2 Å². The van der Waals surface area contributed by atoms with E-state index < -0.39 is 9.84 Å². The largest absolute Gasteiger partial charge is 0.338 e. The number of carbonyl (C=O) groups excluding carboxylic acids is 1. The van der Waals surface area contributed by atoms with Crippen molar-refractivity contribution in [1.29, 1.82) is 0 Å². The van der Waals surface area contributed by atoms with Gasteiger partial charge in [-0.05, 0) is 39.3 Å². The third-order valence-corrected chi connectivity index (χ3v) is 7.39. The molecule has 0 spiro atoms. The molecule has 1 aromatic heterocycles. The van der Waals surface area contributed by atoms with Crippen LogP contribution >= 0.6 is 11.8 Å². The normalized spacial score (nSPS) is 18.6. The highest BCUT2D eigenvalue weighted by Gasteiger charge is 2.33. The molecule has 1 aliphatic rings. The Bertz CT molecular complexity index is 923. The number of amides is 1. The molecular formula is C18H24N4O3S2. The fourth-order valence-corrected chi connectivity index (χ4v) is 5.91. The van der Waals surface area contributed by atoms with Gasteiger partial charge in [0.25, 0.3) is 0 Å². The lowest BCUT2D eigenvalue weighted by Crippen LogP contribution is -2.42. The first kappa shape index (κ1) is 19.9. The number of hydrogen-bond acceptors (Lipinski definition) is 6. The molecule has 9 heteroatoms. The van der Waals surface area contributed by atoms with Crippen LogP contribution in [-0.4, -0.2) is 63.8 Å². The van der Waals surface area contributed by atoms with Crippen LogP contribution in [0.25, 0.3) is 5.69 Å². The van der Waals surface area contributed by atoms with Gasteiger partial charge in [-0.3, -0.25) is 9.36 Å². The average molecular weight is 409 g/mol. The summed E-state index contributed by atoms with van der Waals surface area (Å²) in [4.78, 5) is 14.4. The molecule has 0 radical (unpaired) electrons. The van der Waals surface area contributed by atoms with Crippen LogP contribution in [-0.2, 0) is 14.6 Å². The Hall–Kier alpha value is -1.87. The quantitative estimate of drug-likeness (QED) is 0.680. The molecule has 0 N–H and O–H groups in total. The van der Waals surface area contributed by atoms with Crippen LogP contribution in [0.3, 0.4) is 0 Å². The number of nitrogens with zero attached hydrogens (tertiary/aromatic N) is 4. The number of rotatable bonds is 6. The van der Waals surface area contributed by atoms with E-state index in [1.54, 1.807) is 4.90 Å². The summed E-state index contributed by atoms with van der Waals surface area (Å²) in [6.45, 7) is 6.29. The third-order valence-electron chi connectivity index (χ3n) is 4.72. The SMILES string of the molecule is CCN(C(=O)CSc1nnc(C)n1-c1ccc(C)cc1)[C@@H]1CCS(=O)(=O)C1. The molecule has 2 heterocycles. The van der Waals surface area contributed by atoms with Crippen LogP contribution in [0.5, 0.6) is 0 Å². The highest BCUT2D eigenvalue weighted by atomic mass is 32.2. The minimum absolute atomic E-state index is 0.0654. The number of thioether (sulfide) groups is 1. The van der Waals surface area contributed by atoms with Crippen LogP contribution < -0.4 is 0 Å². The van der Waals surface area contributed by atoms with E-state index in [2.05, 4.69) is 10.2 Å². The minimum atomic E-state index is -3.02. The smallest absolute Gasteiger partial charge is 0.233 e. The molecule has 3 rings (SSSR count). The second-order valence-electron chi connectivity index (χ2n) is 6.73. The Morgan fingerprint density at radius 3 is 2.56 bits per heavy atom. The van der Waals surface area contributed by atoms with Gasteiger partial charge in [0.15, 0.2) is 15.0 Å². The molecule has 0 bridgehead atoms. The lowest BCUT2D eigenvalue weighted by atomic mass is 10.2. The van der Waals surface area contributed by atoms with Gasteiger partial charge in [0.1, 0.15) is 5.82 Å². The average Bonchev–Trinajstić information content (AvgIpc) is 3.17.